The SMILES string of the molecule is FC(F)Oc1ccccc1-c1noc(C2CC2)c1COC1CC2CC[C@@H](C2)C1. The van der Waals surface area contributed by atoms with Gasteiger partial charge in [0, 0.05) is 17.0 Å². The Balaban J connectivity index is 1.40. The van der Waals surface area contributed by atoms with Crippen molar-refractivity contribution in [2.45, 2.75) is 70.2 Å². The largest absolute Gasteiger partial charge is 0.434 e. The molecule has 5 rings (SSSR count). The number of benzene rings is 1. The third kappa shape index (κ3) is 3.66. The van der Waals surface area contributed by atoms with Gasteiger partial charge in [-0.25, -0.2) is 0 Å². The predicted octanol–water partition coefficient (Wildman–Crippen LogP) is 5.92. The third-order valence-electron chi connectivity index (χ3n) is 6.43. The average molecular weight is 389 g/mol. The second-order valence-electron chi connectivity index (χ2n) is 8.47. The normalized spacial score (nSPS) is 26.8. The Labute approximate surface area is 163 Å². The lowest BCUT2D eigenvalue weighted by Crippen LogP contribution is -2.23. The van der Waals surface area contributed by atoms with E-state index >= 15 is 0 Å². The predicted molar refractivity (Wildman–Crippen MR) is 99.2 cm³/mol. The van der Waals surface area contributed by atoms with Crippen LogP contribution in [0.15, 0.2) is 28.8 Å². The van der Waals surface area contributed by atoms with Crippen LogP contribution >= 0.6 is 0 Å². The lowest BCUT2D eigenvalue weighted by Gasteiger charge is -2.27. The molecule has 4 nitrogen and oxygen atoms in total. The summed E-state index contributed by atoms with van der Waals surface area (Å²) in [5.74, 6) is 2.93. The minimum absolute atomic E-state index is 0.116. The van der Waals surface area contributed by atoms with E-state index in [0.717, 1.165) is 48.8 Å². The number of fused-ring (bicyclic) bond motifs is 2. The Morgan fingerprint density at radius 3 is 2.50 bits per heavy atom. The number of halogens is 2. The van der Waals surface area contributed by atoms with E-state index in [2.05, 4.69) is 5.16 Å². The molecule has 2 unspecified atom stereocenters. The molecule has 3 atom stereocenters. The van der Waals surface area contributed by atoms with E-state index in [1.165, 1.54) is 25.3 Å². The number of alkyl halides is 2. The Kier molecular flexibility index (Phi) is 4.83. The van der Waals surface area contributed by atoms with Gasteiger partial charge in [-0.15, -0.1) is 0 Å². The molecule has 0 amide bonds. The van der Waals surface area contributed by atoms with Crippen molar-refractivity contribution in [3.63, 3.8) is 0 Å². The molecule has 150 valence electrons. The van der Waals surface area contributed by atoms with Crippen LogP contribution < -0.4 is 4.74 Å². The molecule has 3 aliphatic rings. The van der Waals surface area contributed by atoms with Crippen LogP contribution in [0, 0.1) is 11.8 Å². The first kappa shape index (κ1) is 18.1. The van der Waals surface area contributed by atoms with Crippen LogP contribution in [0.2, 0.25) is 0 Å². The van der Waals surface area contributed by atoms with Gasteiger partial charge in [0.25, 0.3) is 0 Å². The lowest BCUT2D eigenvalue weighted by atomic mass is 9.87. The lowest BCUT2D eigenvalue weighted by molar-refractivity contribution is -0.0494. The summed E-state index contributed by atoms with van der Waals surface area (Å²) in [6.45, 7) is -2.47. The second kappa shape index (κ2) is 7.47. The van der Waals surface area contributed by atoms with Gasteiger partial charge in [0.05, 0.1) is 12.7 Å². The monoisotopic (exact) mass is 389 g/mol. The number of hydrogen-bond donors (Lipinski definition) is 0. The zero-order chi connectivity index (χ0) is 19.1. The number of nitrogens with zero attached hydrogens (tertiary/aromatic N) is 1. The highest BCUT2D eigenvalue weighted by Gasteiger charge is 2.36. The standard InChI is InChI=1S/C22H25F2NO3/c23-22(24)27-19-4-2-1-3-17(19)20-18(21(28-25-20)15-7-8-15)12-26-16-10-13-5-6-14(9-13)11-16/h1-4,13-16,22H,5-12H2/t13-,14?,16?/m0/s1. The quantitative estimate of drug-likeness (QED) is 0.590. The Morgan fingerprint density at radius 2 is 1.79 bits per heavy atom. The van der Waals surface area contributed by atoms with Gasteiger partial charge in [0.2, 0.25) is 0 Å². The molecule has 0 saturated heterocycles. The third-order valence-corrected chi connectivity index (χ3v) is 6.43. The van der Waals surface area contributed by atoms with Gasteiger partial charge in [-0.05, 0) is 56.1 Å². The van der Waals surface area contributed by atoms with Gasteiger partial charge in [-0.1, -0.05) is 30.1 Å². The van der Waals surface area contributed by atoms with E-state index < -0.39 is 6.61 Å². The molecule has 0 radical (unpaired) electrons. The molecular weight excluding hydrogens is 364 g/mol. The zero-order valence-electron chi connectivity index (χ0n) is 15.8. The molecule has 6 heteroatoms. The van der Waals surface area contributed by atoms with E-state index in [9.17, 15) is 8.78 Å². The van der Waals surface area contributed by atoms with Crippen LogP contribution in [0.3, 0.4) is 0 Å². The first-order valence-corrected chi connectivity index (χ1v) is 10.3. The van der Waals surface area contributed by atoms with Gasteiger partial charge in [0.15, 0.2) is 0 Å². The maximum absolute atomic E-state index is 12.8. The zero-order valence-corrected chi connectivity index (χ0v) is 15.8. The topological polar surface area (TPSA) is 44.5 Å². The summed E-state index contributed by atoms with van der Waals surface area (Å²) in [6.07, 6.45) is 8.68. The number of aromatic nitrogens is 1. The highest BCUT2D eigenvalue weighted by atomic mass is 19.3. The van der Waals surface area contributed by atoms with Gasteiger partial charge in [0.1, 0.15) is 17.2 Å². The Hall–Kier alpha value is -1.95. The van der Waals surface area contributed by atoms with Crippen LogP contribution in [0.4, 0.5) is 8.78 Å². The molecular formula is C22H25F2NO3. The fourth-order valence-corrected chi connectivity index (χ4v) is 4.98. The highest BCUT2D eigenvalue weighted by molar-refractivity contribution is 5.70. The minimum atomic E-state index is -2.88. The number of rotatable bonds is 7. The maximum Gasteiger partial charge on any atom is 0.387 e. The summed E-state index contributed by atoms with van der Waals surface area (Å²) >= 11 is 0. The molecule has 1 aromatic carbocycles. The van der Waals surface area contributed by atoms with Crippen molar-refractivity contribution in [1.29, 1.82) is 0 Å². The van der Waals surface area contributed by atoms with Crippen molar-refractivity contribution in [2.24, 2.45) is 11.8 Å². The summed E-state index contributed by atoms with van der Waals surface area (Å²) in [4.78, 5) is 0. The van der Waals surface area contributed by atoms with Crippen molar-refractivity contribution in [3.8, 4) is 17.0 Å². The van der Waals surface area contributed by atoms with Gasteiger partial charge < -0.3 is 14.0 Å². The molecule has 3 fully saturated rings. The molecule has 3 aliphatic carbocycles. The first-order chi connectivity index (χ1) is 13.7. The summed E-state index contributed by atoms with van der Waals surface area (Å²) < 4.78 is 42.4. The molecule has 0 N–H and O–H groups in total. The summed E-state index contributed by atoms with van der Waals surface area (Å²) in [5, 5.41) is 4.24. The number of hydrogen-bond acceptors (Lipinski definition) is 4. The summed E-state index contributed by atoms with van der Waals surface area (Å²) in [7, 11) is 0. The van der Waals surface area contributed by atoms with Crippen molar-refractivity contribution < 1.29 is 22.8 Å². The van der Waals surface area contributed by atoms with Crippen LogP contribution in [-0.2, 0) is 11.3 Å². The van der Waals surface area contributed by atoms with Crippen LogP contribution in [0.1, 0.15) is 62.2 Å². The molecule has 0 spiro atoms. The molecule has 0 aliphatic heterocycles. The summed E-state index contributed by atoms with van der Waals surface area (Å²) in [5.41, 5.74) is 1.99. The maximum atomic E-state index is 12.8. The average Bonchev–Trinajstić information content (AvgIpc) is 3.35. The second-order valence-corrected chi connectivity index (χ2v) is 8.47. The fourth-order valence-electron chi connectivity index (χ4n) is 4.98. The number of para-hydroxylation sites is 1. The molecule has 1 heterocycles. The van der Waals surface area contributed by atoms with Gasteiger partial charge in [-0.2, -0.15) is 8.78 Å². The molecule has 2 bridgehead atoms. The van der Waals surface area contributed by atoms with E-state index in [-0.39, 0.29) is 11.9 Å². The highest BCUT2D eigenvalue weighted by Crippen LogP contribution is 2.46. The first-order valence-electron chi connectivity index (χ1n) is 10.3. The molecule has 3 saturated carbocycles. The van der Waals surface area contributed by atoms with Crippen LogP contribution in [-0.4, -0.2) is 17.9 Å². The Bertz CT molecular complexity index is 821. The molecule has 2 aromatic rings. The van der Waals surface area contributed by atoms with Gasteiger partial charge >= 0.3 is 6.61 Å². The minimum Gasteiger partial charge on any atom is -0.434 e. The van der Waals surface area contributed by atoms with Crippen molar-refractivity contribution in [2.75, 3.05) is 0 Å². The van der Waals surface area contributed by atoms with E-state index in [0.29, 0.717) is 23.8 Å². The fraction of sp³-hybridized carbons (Fsp3) is 0.591. The molecule has 28 heavy (non-hydrogen) atoms. The van der Waals surface area contributed by atoms with Gasteiger partial charge in [-0.3, -0.25) is 0 Å². The Morgan fingerprint density at radius 1 is 1.04 bits per heavy atom. The van der Waals surface area contributed by atoms with E-state index in [1.54, 1.807) is 18.2 Å². The van der Waals surface area contributed by atoms with Crippen molar-refractivity contribution in [3.05, 3.63) is 35.6 Å². The van der Waals surface area contributed by atoms with Crippen molar-refractivity contribution in [1.82, 2.24) is 5.16 Å². The van der Waals surface area contributed by atoms with E-state index in [1.807, 2.05) is 0 Å². The summed E-state index contributed by atoms with van der Waals surface area (Å²) in [6, 6.07) is 6.76. The molecule has 1 aromatic heterocycles. The number of ether oxygens (including phenoxy) is 2. The smallest absolute Gasteiger partial charge is 0.387 e. The van der Waals surface area contributed by atoms with Crippen LogP contribution in [0.5, 0.6) is 5.75 Å². The van der Waals surface area contributed by atoms with Crippen molar-refractivity contribution >= 4 is 0 Å². The van der Waals surface area contributed by atoms with E-state index in [4.69, 9.17) is 14.0 Å². The van der Waals surface area contributed by atoms with Crippen LogP contribution in [0.25, 0.3) is 11.3 Å².